The lowest BCUT2D eigenvalue weighted by atomic mass is 10.2. The van der Waals surface area contributed by atoms with Gasteiger partial charge in [-0.2, -0.15) is 0 Å². The van der Waals surface area contributed by atoms with Gasteiger partial charge in [0.1, 0.15) is 5.75 Å². The standard InChI is InChI=1S/C17H16ClNO4/c1-11(23-15-9-5-13(18)6-10-15)16(20)19-14-7-3-12(4-8-14)17(21)22-2/h3-11H,1-2H3,(H,19,20). The van der Waals surface area contributed by atoms with E-state index in [1.54, 1.807) is 55.5 Å². The van der Waals surface area contributed by atoms with Gasteiger partial charge >= 0.3 is 5.97 Å². The Kier molecular flexibility index (Phi) is 5.60. The number of benzene rings is 2. The first-order valence-electron chi connectivity index (χ1n) is 6.91. The lowest BCUT2D eigenvalue weighted by Gasteiger charge is -2.15. The molecule has 0 radical (unpaired) electrons. The van der Waals surface area contributed by atoms with Crippen LogP contribution in [0.25, 0.3) is 0 Å². The zero-order valence-electron chi connectivity index (χ0n) is 12.7. The Labute approximate surface area is 139 Å². The molecule has 120 valence electrons. The van der Waals surface area contributed by atoms with Crippen molar-refractivity contribution >= 4 is 29.2 Å². The van der Waals surface area contributed by atoms with Crippen molar-refractivity contribution in [3.8, 4) is 5.75 Å². The molecule has 0 aliphatic carbocycles. The third kappa shape index (κ3) is 4.72. The smallest absolute Gasteiger partial charge is 0.337 e. The van der Waals surface area contributed by atoms with Crippen LogP contribution in [0.5, 0.6) is 5.75 Å². The molecule has 1 unspecified atom stereocenters. The predicted octanol–water partition coefficient (Wildman–Crippen LogP) is 3.53. The molecule has 0 saturated carbocycles. The number of hydrogen-bond donors (Lipinski definition) is 1. The summed E-state index contributed by atoms with van der Waals surface area (Å²) in [4.78, 5) is 23.4. The summed E-state index contributed by atoms with van der Waals surface area (Å²) in [6.07, 6.45) is -0.684. The summed E-state index contributed by atoms with van der Waals surface area (Å²) in [7, 11) is 1.31. The van der Waals surface area contributed by atoms with Gasteiger partial charge < -0.3 is 14.8 Å². The van der Waals surface area contributed by atoms with Crippen molar-refractivity contribution in [2.75, 3.05) is 12.4 Å². The van der Waals surface area contributed by atoms with Crippen LogP contribution in [0.4, 0.5) is 5.69 Å². The van der Waals surface area contributed by atoms with Crippen LogP contribution < -0.4 is 10.1 Å². The summed E-state index contributed by atoms with van der Waals surface area (Å²) in [6.45, 7) is 1.65. The van der Waals surface area contributed by atoms with Gasteiger partial charge in [0.05, 0.1) is 12.7 Å². The number of rotatable bonds is 5. The van der Waals surface area contributed by atoms with E-state index in [0.29, 0.717) is 22.0 Å². The van der Waals surface area contributed by atoms with Crippen molar-refractivity contribution in [1.82, 2.24) is 0 Å². The van der Waals surface area contributed by atoms with E-state index < -0.39 is 12.1 Å². The molecule has 2 rings (SSSR count). The first-order valence-corrected chi connectivity index (χ1v) is 7.29. The molecule has 1 amide bonds. The van der Waals surface area contributed by atoms with Gasteiger partial charge in [-0.1, -0.05) is 11.6 Å². The second kappa shape index (κ2) is 7.65. The average molecular weight is 334 g/mol. The third-order valence-corrected chi connectivity index (χ3v) is 3.32. The van der Waals surface area contributed by atoms with Crippen molar-refractivity contribution in [2.45, 2.75) is 13.0 Å². The minimum absolute atomic E-state index is 0.300. The van der Waals surface area contributed by atoms with Gasteiger partial charge in [0, 0.05) is 10.7 Å². The molecule has 0 saturated heterocycles. The zero-order chi connectivity index (χ0) is 16.8. The fourth-order valence-corrected chi connectivity index (χ4v) is 1.95. The first-order chi connectivity index (χ1) is 11.0. The second-order valence-electron chi connectivity index (χ2n) is 4.77. The average Bonchev–Trinajstić information content (AvgIpc) is 2.56. The van der Waals surface area contributed by atoms with Crippen molar-refractivity contribution < 1.29 is 19.1 Å². The van der Waals surface area contributed by atoms with Gasteiger partial charge in [-0.05, 0) is 55.5 Å². The number of ether oxygens (including phenoxy) is 2. The maximum atomic E-state index is 12.1. The number of nitrogens with one attached hydrogen (secondary N) is 1. The molecule has 23 heavy (non-hydrogen) atoms. The third-order valence-electron chi connectivity index (χ3n) is 3.07. The highest BCUT2D eigenvalue weighted by molar-refractivity contribution is 6.30. The number of methoxy groups -OCH3 is 1. The van der Waals surface area contributed by atoms with Crippen LogP contribution in [-0.2, 0) is 9.53 Å². The minimum Gasteiger partial charge on any atom is -0.481 e. The summed E-state index contributed by atoms with van der Waals surface area (Å²) in [5, 5.41) is 3.31. The second-order valence-corrected chi connectivity index (χ2v) is 5.21. The molecule has 0 aromatic heterocycles. The van der Waals surface area contributed by atoms with E-state index >= 15 is 0 Å². The Hall–Kier alpha value is -2.53. The van der Waals surface area contributed by atoms with Crippen molar-refractivity contribution in [1.29, 1.82) is 0 Å². The zero-order valence-corrected chi connectivity index (χ0v) is 13.5. The van der Waals surface area contributed by atoms with Gasteiger partial charge in [0.2, 0.25) is 0 Å². The van der Waals surface area contributed by atoms with Crippen molar-refractivity contribution in [2.24, 2.45) is 0 Å². The van der Waals surface area contributed by atoms with E-state index in [1.807, 2.05) is 0 Å². The fraction of sp³-hybridized carbons (Fsp3) is 0.176. The topological polar surface area (TPSA) is 64.6 Å². The van der Waals surface area contributed by atoms with Crippen molar-refractivity contribution in [3.05, 3.63) is 59.1 Å². The van der Waals surface area contributed by atoms with E-state index in [9.17, 15) is 9.59 Å². The number of halogens is 1. The quantitative estimate of drug-likeness (QED) is 0.850. The van der Waals surface area contributed by atoms with E-state index in [4.69, 9.17) is 16.3 Å². The van der Waals surface area contributed by atoms with Crippen LogP contribution in [0.1, 0.15) is 17.3 Å². The number of carbonyl (C=O) groups excluding carboxylic acids is 2. The van der Waals surface area contributed by atoms with Gasteiger partial charge in [0.25, 0.3) is 5.91 Å². The maximum Gasteiger partial charge on any atom is 0.337 e. The molecule has 2 aromatic rings. The maximum absolute atomic E-state index is 12.1. The number of hydrogen-bond acceptors (Lipinski definition) is 4. The molecule has 2 aromatic carbocycles. The lowest BCUT2D eigenvalue weighted by molar-refractivity contribution is -0.122. The van der Waals surface area contributed by atoms with Crippen LogP contribution in [0.2, 0.25) is 5.02 Å². The largest absolute Gasteiger partial charge is 0.481 e. The Morgan fingerprint density at radius 1 is 1.04 bits per heavy atom. The predicted molar refractivity (Wildman–Crippen MR) is 88.0 cm³/mol. The van der Waals surface area contributed by atoms with Crippen LogP contribution in [-0.4, -0.2) is 25.1 Å². The van der Waals surface area contributed by atoms with Crippen LogP contribution >= 0.6 is 11.6 Å². The van der Waals surface area contributed by atoms with E-state index in [-0.39, 0.29) is 5.91 Å². The lowest BCUT2D eigenvalue weighted by Crippen LogP contribution is -2.30. The number of anilines is 1. The van der Waals surface area contributed by atoms with Gasteiger partial charge in [-0.25, -0.2) is 4.79 Å². The Morgan fingerprint density at radius 3 is 2.22 bits per heavy atom. The van der Waals surface area contributed by atoms with Crippen LogP contribution in [0.15, 0.2) is 48.5 Å². The monoisotopic (exact) mass is 333 g/mol. The summed E-state index contributed by atoms with van der Waals surface area (Å²) >= 11 is 5.80. The molecule has 0 aliphatic heterocycles. The first kappa shape index (κ1) is 16.8. The Balaban J connectivity index is 1.95. The Bertz CT molecular complexity index is 683. The number of esters is 1. The summed E-state index contributed by atoms with van der Waals surface area (Å²) < 4.78 is 10.2. The summed E-state index contributed by atoms with van der Waals surface area (Å²) in [5.74, 6) is -0.175. The molecule has 5 nitrogen and oxygen atoms in total. The van der Waals surface area contributed by atoms with Gasteiger partial charge in [-0.3, -0.25) is 4.79 Å². The number of carbonyl (C=O) groups is 2. The van der Waals surface area contributed by atoms with E-state index in [2.05, 4.69) is 10.1 Å². The fourth-order valence-electron chi connectivity index (χ4n) is 1.82. The van der Waals surface area contributed by atoms with Crippen LogP contribution in [0.3, 0.4) is 0 Å². The highest BCUT2D eigenvalue weighted by Crippen LogP contribution is 2.17. The SMILES string of the molecule is COC(=O)c1ccc(NC(=O)C(C)Oc2ccc(Cl)cc2)cc1. The molecule has 6 heteroatoms. The molecule has 0 heterocycles. The molecular weight excluding hydrogens is 318 g/mol. The van der Waals surface area contributed by atoms with Gasteiger partial charge in [0.15, 0.2) is 6.10 Å². The number of amides is 1. The molecule has 0 fully saturated rings. The Morgan fingerprint density at radius 2 is 1.65 bits per heavy atom. The molecule has 0 bridgehead atoms. The van der Waals surface area contributed by atoms with Crippen molar-refractivity contribution in [3.63, 3.8) is 0 Å². The summed E-state index contributed by atoms with van der Waals surface area (Å²) in [6, 6.07) is 13.2. The van der Waals surface area contributed by atoms with E-state index in [1.165, 1.54) is 7.11 Å². The molecule has 0 aliphatic rings. The van der Waals surface area contributed by atoms with Crippen LogP contribution in [0, 0.1) is 0 Å². The molecule has 1 N–H and O–H groups in total. The molecule has 0 spiro atoms. The summed E-state index contributed by atoms with van der Waals surface area (Å²) in [5.41, 5.74) is 0.977. The normalized spacial score (nSPS) is 11.4. The highest BCUT2D eigenvalue weighted by atomic mass is 35.5. The van der Waals surface area contributed by atoms with Gasteiger partial charge in [-0.15, -0.1) is 0 Å². The van der Waals surface area contributed by atoms with E-state index in [0.717, 1.165) is 0 Å². The minimum atomic E-state index is -0.684. The molecular formula is C17H16ClNO4. The highest BCUT2D eigenvalue weighted by Gasteiger charge is 2.15. The molecule has 1 atom stereocenters.